The molecule has 0 unspecified atom stereocenters. The Morgan fingerprint density at radius 3 is 1.66 bits per heavy atom. The highest BCUT2D eigenvalue weighted by Gasteiger charge is 2.51. The highest BCUT2D eigenvalue weighted by atomic mass is 16.5. The molecule has 1 spiro atoms. The summed E-state index contributed by atoms with van der Waals surface area (Å²) in [5, 5.41) is 11.7. The predicted molar refractivity (Wildman–Crippen MR) is 221 cm³/mol. The van der Waals surface area contributed by atoms with Crippen LogP contribution in [0.1, 0.15) is 27.8 Å². The first-order valence-electron chi connectivity index (χ1n) is 18.7. The van der Waals surface area contributed by atoms with Crippen LogP contribution >= 0.6 is 0 Å². The van der Waals surface area contributed by atoms with Crippen LogP contribution in [0.15, 0.2) is 182 Å². The maximum atomic E-state index is 9.49. The van der Waals surface area contributed by atoms with Gasteiger partial charge in [-0.2, -0.15) is 5.26 Å². The average Bonchev–Trinajstić information content (AvgIpc) is 3.57. The number of hydrogen-bond donors (Lipinski definition) is 0. The van der Waals surface area contributed by atoms with Crippen LogP contribution in [-0.4, -0.2) is 15.0 Å². The van der Waals surface area contributed by atoms with E-state index in [1.54, 1.807) is 0 Å². The summed E-state index contributed by atoms with van der Waals surface area (Å²) in [5.74, 6) is 3.39. The van der Waals surface area contributed by atoms with E-state index in [-0.39, 0.29) is 0 Å². The molecular weight excluding hydrogens is 685 g/mol. The van der Waals surface area contributed by atoms with Crippen molar-refractivity contribution in [2.24, 2.45) is 0 Å². The van der Waals surface area contributed by atoms with E-state index in [1.807, 2.05) is 54.6 Å². The van der Waals surface area contributed by atoms with Gasteiger partial charge in [-0.05, 0) is 86.6 Å². The van der Waals surface area contributed by atoms with Crippen LogP contribution in [0.3, 0.4) is 0 Å². The second-order valence-corrected chi connectivity index (χ2v) is 14.3. The van der Waals surface area contributed by atoms with Crippen LogP contribution in [0.2, 0.25) is 0 Å². The summed E-state index contributed by atoms with van der Waals surface area (Å²) in [6.07, 6.45) is 0. The van der Waals surface area contributed by atoms with Gasteiger partial charge in [-0.3, -0.25) is 0 Å². The van der Waals surface area contributed by atoms with Gasteiger partial charge in [-0.15, -0.1) is 0 Å². The maximum Gasteiger partial charge on any atom is 0.164 e. The lowest BCUT2D eigenvalue weighted by molar-refractivity contribution is 0.436. The maximum absolute atomic E-state index is 9.49. The van der Waals surface area contributed by atoms with Crippen molar-refractivity contribution in [1.29, 1.82) is 5.26 Å². The molecule has 1 aliphatic heterocycles. The zero-order chi connectivity index (χ0) is 37.2. The molecular formula is C51H30N4O. The third-order valence-electron chi connectivity index (χ3n) is 11.2. The van der Waals surface area contributed by atoms with Crippen LogP contribution in [-0.2, 0) is 5.41 Å². The Bertz CT molecular complexity index is 3020. The van der Waals surface area contributed by atoms with Crippen LogP contribution < -0.4 is 4.74 Å². The molecule has 0 N–H and O–H groups in total. The molecule has 0 saturated carbocycles. The molecule has 8 aromatic carbocycles. The standard InChI is InChI=1S/C51H30N4O/c52-31-32-21-23-33(24-22-32)36-25-27-46-44(29-36)51(42-19-8-6-16-39(42)40-17-7-9-20-43(40)51)45-30-37(26-28-47(45)56-46)49-53-48(35-12-2-1-3-13-35)54-50(55-49)41-18-10-14-34-11-4-5-15-38(34)41/h1-30H. The summed E-state index contributed by atoms with van der Waals surface area (Å²) in [6, 6.07) is 64.9. The Kier molecular flexibility index (Phi) is 7.07. The minimum absolute atomic E-state index is 0.580. The molecule has 9 aromatic rings. The van der Waals surface area contributed by atoms with Crippen molar-refractivity contribution in [1.82, 2.24) is 15.0 Å². The largest absolute Gasteiger partial charge is 0.457 e. The quantitative estimate of drug-likeness (QED) is 0.181. The van der Waals surface area contributed by atoms with Crippen molar-refractivity contribution in [3.63, 3.8) is 0 Å². The molecule has 0 bridgehead atoms. The summed E-state index contributed by atoms with van der Waals surface area (Å²) in [6.45, 7) is 0. The van der Waals surface area contributed by atoms with E-state index in [0.717, 1.165) is 61.2 Å². The zero-order valence-electron chi connectivity index (χ0n) is 30.0. The Hall–Kier alpha value is -7.68. The Balaban J connectivity index is 1.17. The molecule has 1 aliphatic carbocycles. The molecule has 1 aromatic heterocycles. The molecule has 11 rings (SSSR count). The third-order valence-corrected chi connectivity index (χ3v) is 11.2. The molecule has 260 valence electrons. The molecule has 0 saturated heterocycles. The van der Waals surface area contributed by atoms with E-state index in [9.17, 15) is 5.26 Å². The van der Waals surface area contributed by atoms with Gasteiger partial charge < -0.3 is 4.74 Å². The smallest absolute Gasteiger partial charge is 0.164 e. The number of fused-ring (bicyclic) bond motifs is 10. The lowest BCUT2D eigenvalue weighted by Crippen LogP contribution is -2.32. The zero-order valence-corrected chi connectivity index (χ0v) is 30.0. The molecule has 56 heavy (non-hydrogen) atoms. The van der Waals surface area contributed by atoms with Gasteiger partial charge >= 0.3 is 0 Å². The van der Waals surface area contributed by atoms with Gasteiger partial charge in [0, 0.05) is 27.8 Å². The Morgan fingerprint density at radius 2 is 0.946 bits per heavy atom. The van der Waals surface area contributed by atoms with Crippen molar-refractivity contribution in [2.75, 3.05) is 0 Å². The average molecular weight is 715 g/mol. The molecule has 0 fully saturated rings. The predicted octanol–water partition coefficient (Wildman–Crippen LogP) is 12.0. The van der Waals surface area contributed by atoms with Gasteiger partial charge in [0.1, 0.15) is 11.5 Å². The molecule has 0 amide bonds. The molecule has 0 atom stereocenters. The molecule has 5 nitrogen and oxygen atoms in total. The van der Waals surface area contributed by atoms with Crippen molar-refractivity contribution in [3.8, 4) is 74.0 Å². The molecule has 2 aliphatic rings. The summed E-state index contributed by atoms with van der Waals surface area (Å²) < 4.78 is 6.85. The van der Waals surface area contributed by atoms with E-state index in [4.69, 9.17) is 19.7 Å². The van der Waals surface area contributed by atoms with Gasteiger partial charge in [0.05, 0.1) is 17.0 Å². The SMILES string of the molecule is N#Cc1ccc(-c2ccc3c(c2)C2(c4cc(-c5nc(-c6ccccc6)nc(-c6cccc7ccccc67)n5)ccc4O3)c3ccccc3-c3ccccc32)cc1. The van der Waals surface area contributed by atoms with Gasteiger partial charge in [0.15, 0.2) is 17.5 Å². The Morgan fingerprint density at radius 1 is 0.411 bits per heavy atom. The van der Waals surface area contributed by atoms with E-state index >= 15 is 0 Å². The van der Waals surface area contributed by atoms with Crippen molar-refractivity contribution in [2.45, 2.75) is 5.41 Å². The fraction of sp³-hybridized carbons (Fsp3) is 0.0196. The van der Waals surface area contributed by atoms with Crippen molar-refractivity contribution < 1.29 is 4.74 Å². The van der Waals surface area contributed by atoms with Crippen LogP contribution in [0.4, 0.5) is 0 Å². The number of ether oxygens (including phenoxy) is 1. The highest BCUT2D eigenvalue weighted by molar-refractivity contribution is 5.95. The second-order valence-electron chi connectivity index (χ2n) is 14.3. The first kappa shape index (κ1) is 31.8. The van der Waals surface area contributed by atoms with E-state index in [0.29, 0.717) is 23.0 Å². The number of aromatic nitrogens is 3. The summed E-state index contributed by atoms with van der Waals surface area (Å²) in [4.78, 5) is 15.5. The van der Waals surface area contributed by atoms with Crippen LogP contribution in [0.5, 0.6) is 11.5 Å². The third kappa shape index (κ3) is 4.76. The lowest BCUT2D eigenvalue weighted by Gasteiger charge is -2.40. The summed E-state index contributed by atoms with van der Waals surface area (Å²) in [7, 11) is 0. The number of benzene rings is 8. The van der Waals surface area contributed by atoms with E-state index in [1.165, 1.54) is 22.3 Å². The molecule has 5 heteroatoms. The van der Waals surface area contributed by atoms with Gasteiger partial charge in [-0.25, -0.2) is 15.0 Å². The number of hydrogen-bond acceptors (Lipinski definition) is 5. The normalized spacial score (nSPS) is 12.9. The number of rotatable bonds is 4. The first-order valence-corrected chi connectivity index (χ1v) is 18.7. The lowest BCUT2D eigenvalue weighted by atomic mass is 9.65. The van der Waals surface area contributed by atoms with Gasteiger partial charge in [-0.1, -0.05) is 140 Å². The fourth-order valence-corrected chi connectivity index (χ4v) is 8.72. The summed E-state index contributed by atoms with van der Waals surface area (Å²) >= 11 is 0. The number of nitrogens with zero attached hydrogens (tertiary/aromatic N) is 4. The van der Waals surface area contributed by atoms with Gasteiger partial charge in [0.2, 0.25) is 0 Å². The Labute approximate surface area is 323 Å². The highest BCUT2D eigenvalue weighted by Crippen LogP contribution is 2.62. The van der Waals surface area contributed by atoms with Crippen LogP contribution in [0.25, 0.3) is 67.2 Å². The summed E-state index contributed by atoms with van der Waals surface area (Å²) in [5.41, 5.74) is 11.6. The van der Waals surface area contributed by atoms with Crippen molar-refractivity contribution in [3.05, 3.63) is 210 Å². The fourth-order valence-electron chi connectivity index (χ4n) is 8.72. The van der Waals surface area contributed by atoms with E-state index < -0.39 is 5.41 Å². The van der Waals surface area contributed by atoms with Crippen LogP contribution in [0, 0.1) is 11.3 Å². The second kappa shape index (κ2) is 12.4. The minimum atomic E-state index is -0.706. The minimum Gasteiger partial charge on any atom is -0.457 e. The first-order chi connectivity index (χ1) is 27.7. The molecule has 2 heterocycles. The molecule has 0 radical (unpaired) electrons. The topological polar surface area (TPSA) is 71.7 Å². The number of nitriles is 1. The monoisotopic (exact) mass is 714 g/mol. The van der Waals surface area contributed by atoms with Gasteiger partial charge in [0.25, 0.3) is 0 Å². The van der Waals surface area contributed by atoms with Crippen molar-refractivity contribution >= 4 is 10.8 Å². The van der Waals surface area contributed by atoms with E-state index in [2.05, 4.69) is 133 Å².